The van der Waals surface area contributed by atoms with Crippen LogP contribution < -0.4 is 5.73 Å². The van der Waals surface area contributed by atoms with Gasteiger partial charge in [0.2, 0.25) is 0 Å². The number of anilines is 1. The number of aromatic nitrogens is 2. The van der Waals surface area contributed by atoms with Crippen molar-refractivity contribution in [1.82, 2.24) is 14.7 Å². The number of rotatable bonds is 2. The zero-order valence-electron chi connectivity index (χ0n) is 11.7. The highest BCUT2D eigenvalue weighted by atomic mass is 16.7. The summed E-state index contributed by atoms with van der Waals surface area (Å²) in [6.45, 7) is 5.09. The number of nitrogen functional groups attached to an aromatic ring is 1. The SMILES string of the molecule is CCn1ncc(N)c1C(=O)N1CCC2(CC1)OCCO2. The Kier molecular flexibility index (Phi) is 3.39. The molecule has 20 heavy (non-hydrogen) atoms. The van der Waals surface area contributed by atoms with Crippen LogP contribution in [0.15, 0.2) is 6.20 Å². The lowest BCUT2D eigenvalue weighted by molar-refractivity contribution is -0.181. The number of carbonyl (C=O) groups is 1. The Bertz CT molecular complexity index is 498. The molecular weight excluding hydrogens is 260 g/mol. The van der Waals surface area contributed by atoms with Crippen molar-refractivity contribution in [3.05, 3.63) is 11.9 Å². The second-order valence-corrected chi connectivity index (χ2v) is 5.16. The van der Waals surface area contributed by atoms with Crippen molar-refractivity contribution in [3.8, 4) is 0 Å². The van der Waals surface area contributed by atoms with Gasteiger partial charge < -0.3 is 20.1 Å². The molecule has 2 aliphatic heterocycles. The molecule has 2 aliphatic rings. The first kappa shape index (κ1) is 13.4. The number of nitrogens with two attached hydrogens (primary N) is 1. The average molecular weight is 280 g/mol. The highest BCUT2D eigenvalue weighted by Gasteiger charge is 2.41. The third kappa shape index (κ3) is 2.16. The van der Waals surface area contributed by atoms with E-state index in [1.54, 1.807) is 9.58 Å². The standard InChI is InChI=1S/C13H20N4O3/c1-2-17-11(10(14)9-15-17)12(18)16-5-3-13(4-6-16)19-7-8-20-13/h9H,2-8,14H2,1H3. The summed E-state index contributed by atoms with van der Waals surface area (Å²) in [6.07, 6.45) is 2.95. The minimum atomic E-state index is -0.465. The quantitative estimate of drug-likeness (QED) is 0.851. The van der Waals surface area contributed by atoms with Crippen LogP contribution in [-0.2, 0) is 16.0 Å². The number of ether oxygens (including phenoxy) is 2. The number of hydrogen-bond donors (Lipinski definition) is 1. The molecule has 1 aromatic rings. The van der Waals surface area contributed by atoms with Gasteiger partial charge >= 0.3 is 0 Å². The van der Waals surface area contributed by atoms with Crippen LogP contribution >= 0.6 is 0 Å². The van der Waals surface area contributed by atoms with Crippen molar-refractivity contribution in [2.75, 3.05) is 32.0 Å². The van der Waals surface area contributed by atoms with Crippen molar-refractivity contribution in [3.63, 3.8) is 0 Å². The molecule has 0 bridgehead atoms. The maximum atomic E-state index is 12.6. The number of amides is 1. The molecule has 3 rings (SSSR count). The molecule has 0 unspecified atom stereocenters. The van der Waals surface area contributed by atoms with Gasteiger partial charge in [-0.2, -0.15) is 5.10 Å². The lowest BCUT2D eigenvalue weighted by atomic mass is 10.0. The van der Waals surface area contributed by atoms with Crippen molar-refractivity contribution in [1.29, 1.82) is 0 Å². The Morgan fingerprint density at radius 1 is 1.40 bits per heavy atom. The predicted octanol–water partition coefficient (Wildman–Crippen LogP) is 0.464. The maximum absolute atomic E-state index is 12.6. The Hall–Kier alpha value is -1.60. The summed E-state index contributed by atoms with van der Waals surface area (Å²) in [5.74, 6) is -0.525. The van der Waals surface area contributed by atoms with Gasteiger partial charge in [0.1, 0.15) is 5.69 Å². The van der Waals surface area contributed by atoms with Gasteiger partial charge in [0.05, 0.1) is 25.1 Å². The van der Waals surface area contributed by atoms with Gasteiger partial charge in [0, 0.05) is 32.5 Å². The Balaban J connectivity index is 1.71. The zero-order chi connectivity index (χ0) is 14.2. The fourth-order valence-corrected chi connectivity index (χ4v) is 2.86. The van der Waals surface area contributed by atoms with E-state index >= 15 is 0 Å². The normalized spacial score (nSPS) is 21.6. The lowest BCUT2D eigenvalue weighted by Crippen LogP contribution is -2.47. The van der Waals surface area contributed by atoms with E-state index in [9.17, 15) is 4.79 Å². The van der Waals surface area contributed by atoms with E-state index in [0.29, 0.717) is 57.1 Å². The molecule has 0 radical (unpaired) electrons. The third-order valence-electron chi connectivity index (χ3n) is 4.00. The molecule has 2 fully saturated rings. The van der Waals surface area contributed by atoms with Crippen LogP contribution in [0.4, 0.5) is 5.69 Å². The third-order valence-corrected chi connectivity index (χ3v) is 4.00. The fraction of sp³-hybridized carbons (Fsp3) is 0.692. The molecule has 3 heterocycles. The summed E-state index contributed by atoms with van der Waals surface area (Å²) in [4.78, 5) is 14.4. The van der Waals surface area contributed by atoms with E-state index in [1.807, 2.05) is 6.92 Å². The molecule has 2 saturated heterocycles. The summed E-state index contributed by atoms with van der Waals surface area (Å²) < 4.78 is 13.0. The van der Waals surface area contributed by atoms with Crippen LogP contribution in [0.2, 0.25) is 0 Å². The van der Waals surface area contributed by atoms with Gasteiger partial charge in [-0.15, -0.1) is 0 Å². The van der Waals surface area contributed by atoms with Crippen molar-refractivity contribution < 1.29 is 14.3 Å². The van der Waals surface area contributed by atoms with E-state index in [2.05, 4.69) is 5.10 Å². The van der Waals surface area contributed by atoms with Crippen molar-refractivity contribution in [2.24, 2.45) is 0 Å². The Morgan fingerprint density at radius 3 is 2.65 bits per heavy atom. The molecule has 0 atom stereocenters. The molecule has 0 aliphatic carbocycles. The molecule has 1 spiro atoms. The van der Waals surface area contributed by atoms with Crippen molar-refractivity contribution >= 4 is 11.6 Å². The van der Waals surface area contributed by atoms with Gasteiger partial charge in [-0.25, -0.2) is 0 Å². The largest absolute Gasteiger partial charge is 0.396 e. The van der Waals surface area contributed by atoms with Crippen LogP contribution in [0.5, 0.6) is 0 Å². The first-order valence-electron chi connectivity index (χ1n) is 7.04. The molecule has 1 amide bonds. The number of piperidine rings is 1. The summed E-state index contributed by atoms with van der Waals surface area (Å²) in [7, 11) is 0. The minimum absolute atomic E-state index is 0.0605. The smallest absolute Gasteiger partial charge is 0.274 e. The Morgan fingerprint density at radius 2 is 2.05 bits per heavy atom. The number of nitrogens with zero attached hydrogens (tertiary/aromatic N) is 3. The highest BCUT2D eigenvalue weighted by Crippen LogP contribution is 2.32. The van der Waals surface area contributed by atoms with Crippen LogP contribution in [0.1, 0.15) is 30.3 Å². The highest BCUT2D eigenvalue weighted by molar-refractivity contribution is 5.97. The lowest BCUT2D eigenvalue weighted by Gasteiger charge is -2.37. The van der Waals surface area contributed by atoms with E-state index in [1.165, 1.54) is 6.20 Å². The second-order valence-electron chi connectivity index (χ2n) is 5.16. The number of carbonyl (C=O) groups excluding carboxylic acids is 1. The zero-order valence-corrected chi connectivity index (χ0v) is 11.7. The molecule has 1 aromatic heterocycles. The Labute approximate surface area is 117 Å². The van der Waals surface area contributed by atoms with E-state index in [0.717, 1.165) is 0 Å². The summed E-state index contributed by atoms with van der Waals surface area (Å²) in [5, 5.41) is 4.12. The molecule has 2 N–H and O–H groups in total. The molecule has 110 valence electrons. The monoisotopic (exact) mass is 280 g/mol. The van der Waals surface area contributed by atoms with Gasteiger partial charge in [-0.3, -0.25) is 9.48 Å². The first-order chi connectivity index (χ1) is 9.65. The van der Waals surface area contributed by atoms with Crippen LogP contribution in [0, 0.1) is 0 Å². The van der Waals surface area contributed by atoms with E-state index in [-0.39, 0.29) is 5.91 Å². The van der Waals surface area contributed by atoms with Gasteiger partial charge in [0.25, 0.3) is 5.91 Å². The second kappa shape index (κ2) is 5.06. The van der Waals surface area contributed by atoms with Gasteiger partial charge in [-0.1, -0.05) is 0 Å². The molecular formula is C13H20N4O3. The van der Waals surface area contributed by atoms with Crippen LogP contribution in [-0.4, -0.2) is 52.7 Å². The fourth-order valence-electron chi connectivity index (χ4n) is 2.86. The summed E-state index contributed by atoms with van der Waals surface area (Å²) >= 11 is 0. The van der Waals surface area contributed by atoms with E-state index in [4.69, 9.17) is 15.2 Å². The molecule has 0 saturated carbocycles. The topological polar surface area (TPSA) is 82.6 Å². The average Bonchev–Trinajstić information content (AvgIpc) is 3.06. The molecule has 7 nitrogen and oxygen atoms in total. The first-order valence-corrected chi connectivity index (χ1v) is 7.04. The molecule has 0 aromatic carbocycles. The number of hydrogen-bond acceptors (Lipinski definition) is 5. The molecule has 7 heteroatoms. The van der Waals surface area contributed by atoms with Crippen molar-refractivity contribution in [2.45, 2.75) is 32.1 Å². The predicted molar refractivity (Wildman–Crippen MR) is 72.1 cm³/mol. The van der Waals surface area contributed by atoms with Crippen LogP contribution in [0.3, 0.4) is 0 Å². The van der Waals surface area contributed by atoms with Gasteiger partial charge in [-0.05, 0) is 6.92 Å². The van der Waals surface area contributed by atoms with Crippen LogP contribution in [0.25, 0.3) is 0 Å². The number of aryl methyl sites for hydroxylation is 1. The maximum Gasteiger partial charge on any atom is 0.274 e. The van der Waals surface area contributed by atoms with E-state index < -0.39 is 5.79 Å². The number of likely N-dealkylation sites (tertiary alicyclic amines) is 1. The van der Waals surface area contributed by atoms with Gasteiger partial charge in [0.15, 0.2) is 5.79 Å². The minimum Gasteiger partial charge on any atom is -0.396 e. The summed E-state index contributed by atoms with van der Waals surface area (Å²) in [5.41, 5.74) is 6.78. The summed E-state index contributed by atoms with van der Waals surface area (Å²) in [6, 6.07) is 0.